The van der Waals surface area contributed by atoms with Gasteiger partial charge in [-0.15, -0.1) is 0 Å². The van der Waals surface area contributed by atoms with Crippen molar-refractivity contribution in [2.45, 2.75) is 57.0 Å². The summed E-state index contributed by atoms with van der Waals surface area (Å²) in [5.74, 6) is 0. The molecule has 0 radical (unpaired) electrons. The van der Waals surface area contributed by atoms with Crippen LogP contribution in [0, 0.1) is 6.92 Å². The molecule has 2 aromatic carbocycles. The van der Waals surface area contributed by atoms with Crippen molar-refractivity contribution in [3.05, 3.63) is 70.8 Å². The molecule has 174 valence electrons. The Morgan fingerprint density at radius 1 is 1.19 bits per heavy atom. The molecule has 0 aliphatic carbocycles. The van der Waals surface area contributed by atoms with E-state index in [9.17, 15) is 18.3 Å². The molecule has 3 atom stereocenters. The van der Waals surface area contributed by atoms with Crippen LogP contribution in [0.15, 0.2) is 53.7 Å². The first kappa shape index (κ1) is 24.2. The second-order valence-corrected chi connectivity index (χ2v) is 8.60. The lowest BCUT2D eigenvalue weighted by atomic mass is 9.76. The Morgan fingerprint density at radius 3 is 2.44 bits per heavy atom. The number of rotatable bonds is 6. The van der Waals surface area contributed by atoms with E-state index >= 15 is 0 Å². The number of piperidine rings is 1. The van der Waals surface area contributed by atoms with Gasteiger partial charge >= 0.3 is 6.18 Å². The quantitative estimate of drug-likeness (QED) is 0.331. The van der Waals surface area contributed by atoms with Crippen molar-refractivity contribution in [2.75, 3.05) is 13.2 Å². The molecule has 0 bridgehead atoms. The van der Waals surface area contributed by atoms with Gasteiger partial charge in [-0.2, -0.15) is 13.2 Å². The molecule has 1 aliphatic heterocycles. The van der Waals surface area contributed by atoms with Crippen molar-refractivity contribution < 1.29 is 28.2 Å². The summed E-state index contributed by atoms with van der Waals surface area (Å²) in [7, 11) is 0. The second kappa shape index (κ2) is 9.21. The number of aryl methyl sites for hydroxylation is 1. The summed E-state index contributed by atoms with van der Waals surface area (Å²) in [6.07, 6.45) is -4.17. The number of oxime groups is 1. The zero-order valence-corrected chi connectivity index (χ0v) is 18.4. The van der Waals surface area contributed by atoms with Crippen LogP contribution in [0.5, 0.6) is 0 Å². The van der Waals surface area contributed by atoms with Crippen LogP contribution < -0.4 is 5.32 Å². The van der Waals surface area contributed by atoms with Gasteiger partial charge < -0.3 is 20.4 Å². The SMILES string of the molecule is C/C(=N/O)C1(O)CC[C@@](CO[C@H](C)c2cc(C)cc(C(F)(F)F)c2)(c2ccccc2)NC1. The van der Waals surface area contributed by atoms with Crippen LogP contribution in [0.25, 0.3) is 0 Å². The molecule has 0 spiro atoms. The smallest absolute Gasteiger partial charge is 0.411 e. The van der Waals surface area contributed by atoms with Gasteiger partial charge in [0, 0.05) is 6.54 Å². The third-order valence-electron chi connectivity index (χ3n) is 6.31. The fraction of sp³-hybridized carbons (Fsp3) is 0.458. The highest BCUT2D eigenvalue weighted by Gasteiger charge is 2.44. The van der Waals surface area contributed by atoms with Gasteiger partial charge in [0.25, 0.3) is 0 Å². The predicted molar refractivity (Wildman–Crippen MR) is 116 cm³/mol. The van der Waals surface area contributed by atoms with E-state index < -0.39 is 29.0 Å². The summed E-state index contributed by atoms with van der Waals surface area (Å²) in [4.78, 5) is 0. The van der Waals surface area contributed by atoms with Gasteiger partial charge in [-0.3, -0.25) is 0 Å². The molecule has 1 aliphatic rings. The number of aliphatic hydroxyl groups is 1. The average Bonchev–Trinajstić information content (AvgIpc) is 2.77. The summed E-state index contributed by atoms with van der Waals surface area (Å²) in [5.41, 5.74) is -0.474. The van der Waals surface area contributed by atoms with Crippen molar-refractivity contribution in [2.24, 2.45) is 5.16 Å². The topological polar surface area (TPSA) is 74.1 Å². The molecule has 1 saturated heterocycles. The maximum absolute atomic E-state index is 13.2. The van der Waals surface area contributed by atoms with Crippen LogP contribution in [-0.2, 0) is 16.5 Å². The van der Waals surface area contributed by atoms with Crippen LogP contribution in [0.4, 0.5) is 13.2 Å². The molecular weight excluding hydrogens is 421 g/mol. The molecule has 3 rings (SSSR count). The van der Waals surface area contributed by atoms with Gasteiger partial charge in [0.15, 0.2) is 0 Å². The van der Waals surface area contributed by atoms with Crippen molar-refractivity contribution in [1.29, 1.82) is 0 Å². The third-order valence-corrected chi connectivity index (χ3v) is 6.31. The Hall–Kier alpha value is -2.42. The van der Waals surface area contributed by atoms with Gasteiger partial charge in [0.1, 0.15) is 5.60 Å². The minimum Gasteiger partial charge on any atom is -0.411 e. The summed E-state index contributed by atoms with van der Waals surface area (Å²) in [6.45, 7) is 5.27. The number of β-amino-alcohol motifs (C(OH)–C–C–N with tert-alkyl or cyclic N) is 1. The van der Waals surface area contributed by atoms with Crippen LogP contribution >= 0.6 is 0 Å². The number of alkyl halides is 3. The van der Waals surface area contributed by atoms with Crippen LogP contribution in [0.3, 0.4) is 0 Å². The summed E-state index contributed by atoms with van der Waals surface area (Å²) >= 11 is 0. The number of nitrogens with zero attached hydrogens (tertiary/aromatic N) is 1. The Morgan fingerprint density at radius 2 is 1.88 bits per heavy atom. The lowest BCUT2D eigenvalue weighted by molar-refractivity contribution is -0.137. The van der Waals surface area contributed by atoms with Gasteiger partial charge in [-0.05, 0) is 56.9 Å². The van der Waals surface area contributed by atoms with Crippen molar-refractivity contribution in [1.82, 2.24) is 5.32 Å². The molecular formula is C24H29F3N2O3. The largest absolute Gasteiger partial charge is 0.416 e. The molecule has 0 aromatic heterocycles. The fourth-order valence-corrected chi connectivity index (χ4v) is 4.10. The van der Waals surface area contributed by atoms with Crippen LogP contribution in [0.2, 0.25) is 0 Å². The molecule has 5 nitrogen and oxygen atoms in total. The number of hydrogen-bond donors (Lipinski definition) is 3. The molecule has 0 amide bonds. The number of hydrogen-bond acceptors (Lipinski definition) is 5. The van der Waals surface area contributed by atoms with Gasteiger partial charge in [-0.1, -0.05) is 47.1 Å². The predicted octanol–water partition coefficient (Wildman–Crippen LogP) is 4.95. The van der Waals surface area contributed by atoms with Crippen molar-refractivity contribution in [3.63, 3.8) is 0 Å². The molecule has 0 saturated carbocycles. The number of nitrogens with one attached hydrogen (secondary N) is 1. The average molecular weight is 451 g/mol. The number of halogens is 3. The van der Waals surface area contributed by atoms with E-state index in [4.69, 9.17) is 9.94 Å². The lowest BCUT2D eigenvalue weighted by Gasteiger charge is -2.45. The first-order chi connectivity index (χ1) is 15.0. The molecule has 32 heavy (non-hydrogen) atoms. The zero-order valence-electron chi connectivity index (χ0n) is 18.4. The Balaban J connectivity index is 1.83. The maximum Gasteiger partial charge on any atom is 0.416 e. The van der Waals surface area contributed by atoms with E-state index in [1.54, 1.807) is 26.8 Å². The molecule has 1 heterocycles. The lowest BCUT2D eigenvalue weighted by Crippen LogP contribution is -2.60. The van der Waals surface area contributed by atoms with Gasteiger partial charge in [-0.25, -0.2) is 0 Å². The van der Waals surface area contributed by atoms with Gasteiger partial charge in [0.2, 0.25) is 0 Å². The highest BCUT2D eigenvalue weighted by Crippen LogP contribution is 2.37. The summed E-state index contributed by atoms with van der Waals surface area (Å²) in [5, 5.41) is 26.4. The highest BCUT2D eigenvalue weighted by atomic mass is 19.4. The Labute approximate surface area is 185 Å². The summed E-state index contributed by atoms with van der Waals surface area (Å²) in [6, 6.07) is 13.5. The summed E-state index contributed by atoms with van der Waals surface area (Å²) < 4.78 is 45.8. The van der Waals surface area contributed by atoms with E-state index in [0.29, 0.717) is 24.0 Å². The monoisotopic (exact) mass is 450 g/mol. The normalized spacial score (nSPS) is 25.5. The van der Waals surface area contributed by atoms with Crippen molar-refractivity contribution in [3.8, 4) is 0 Å². The minimum atomic E-state index is -4.42. The first-order valence-electron chi connectivity index (χ1n) is 10.5. The molecule has 1 unspecified atom stereocenters. The van der Waals surface area contributed by atoms with Crippen LogP contribution in [-0.4, -0.2) is 34.8 Å². The minimum absolute atomic E-state index is 0.151. The molecule has 3 N–H and O–H groups in total. The van der Waals surface area contributed by atoms with E-state index in [-0.39, 0.29) is 18.9 Å². The molecule has 1 fully saturated rings. The van der Waals surface area contributed by atoms with E-state index in [1.807, 2.05) is 30.3 Å². The third kappa shape index (κ3) is 5.14. The van der Waals surface area contributed by atoms with Crippen molar-refractivity contribution >= 4 is 5.71 Å². The number of benzene rings is 2. The molecule has 2 aromatic rings. The Bertz CT molecular complexity index is 953. The van der Waals surface area contributed by atoms with Gasteiger partial charge in [0.05, 0.1) is 29.5 Å². The van der Waals surface area contributed by atoms with E-state index in [0.717, 1.165) is 17.7 Å². The second-order valence-electron chi connectivity index (χ2n) is 8.60. The molecule has 8 heteroatoms. The number of ether oxygens (including phenoxy) is 1. The fourth-order valence-electron chi connectivity index (χ4n) is 4.10. The van der Waals surface area contributed by atoms with E-state index in [2.05, 4.69) is 10.5 Å². The maximum atomic E-state index is 13.2. The Kier molecular flexibility index (Phi) is 6.97. The first-order valence-corrected chi connectivity index (χ1v) is 10.5. The van der Waals surface area contributed by atoms with E-state index in [1.165, 1.54) is 0 Å². The zero-order chi connectivity index (χ0) is 23.6. The standard InChI is InChI=1S/C24H29F3N2O3/c1-16-11-19(13-21(12-16)24(25,26)27)17(2)32-15-22(20-7-5-4-6-8-20)9-10-23(30,14-28-22)18(3)29-31/h4-8,11-13,17,28,30-31H,9-10,14-15H2,1-3H3/b29-18-/t17-,22-,23?/m1/s1. The van der Waals surface area contributed by atoms with Crippen LogP contribution in [0.1, 0.15) is 55.0 Å². The highest BCUT2D eigenvalue weighted by molar-refractivity contribution is 5.90.